The molecule has 10 aliphatic rings. The third-order valence-electron chi connectivity index (χ3n) is 19.9. The second-order valence-electron chi connectivity index (χ2n) is 29.1. The molecular weight excluding hydrogens is 777 g/mol. The lowest BCUT2D eigenvalue weighted by atomic mass is 9.59. The Labute approximate surface area is 402 Å². The minimum atomic E-state index is 0.529. The average molecular weight is 894 g/mol. The van der Waals surface area contributed by atoms with Crippen molar-refractivity contribution in [2.75, 3.05) is 59.4 Å². The first kappa shape index (κ1) is 54.8. The maximum absolute atomic E-state index is 3.44. The highest BCUT2D eigenvalue weighted by Gasteiger charge is 2.48. The standard InChI is InChI=1S/C13H25N.2C12H23N.C10H19N.C10H18.C3H8/c1-12(2,3)11-6-5-7-13(8-11)9-14(4)10-13;2*1-11(2,3)10-5-4-6-12(7-10)8-13-9-12;1-2-9-4-3-5-10(6-9)7-11-8-10;1-9-4-2-5-10(8-9)6-3-7-10;1-3-2/h11H,5-10H2,1-4H3;2*10,13H,4-9H2,1-3H3;9,11H,2-8H2,1H3;9H,2-8H2,1H3;3H2,1-2H3/t;10-;;;9-;/m.1..1./s1. The molecule has 0 amide bonds. The Bertz CT molecular complexity index is 1270. The fourth-order valence-electron chi connectivity index (χ4n) is 15.2. The van der Waals surface area contributed by atoms with E-state index in [-0.39, 0.29) is 0 Å². The fourth-order valence-corrected chi connectivity index (χ4v) is 15.2. The first-order chi connectivity index (χ1) is 30.0. The van der Waals surface area contributed by atoms with Gasteiger partial charge in [-0.05, 0) is 176 Å². The van der Waals surface area contributed by atoms with Gasteiger partial charge in [-0.2, -0.15) is 0 Å². The van der Waals surface area contributed by atoms with E-state index in [1.165, 1.54) is 187 Å². The maximum atomic E-state index is 3.44. The topological polar surface area (TPSA) is 39.3 Å². The molecule has 376 valence electrons. The summed E-state index contributed by atoms with van der Waals surface area (Å²) in [4.78, 5) is 2.48. The molecule has 0 aromatic carbocycles. The number of likely N-dealkylation sites (tertiary alicyclic amines) is 1. The van der Waals surface area contributed by atoms with Crippen molar-refractivity contribution in [1.82, 2.24) is 20.9 Å². The zero-order chi connectivity index (χ0) is 46.9. The van der Waals surface area contributed by atoms with Gasteiger partial charge >= 0.3 is 0 Å². The monoisotopic (exact) mass is 893 g/mol. The Morgan fingerprint density at radius 3 is 1.05 bits per heavy atom. The van der Waals surface area contributed by atoms with E-state index in [0.717, 1.165) is 56.7 Å². The van der Waals surface area contributed by atoms with E-state index in [2.05, 4.69) is 118 Å². The first-order valence-electron chi connectivity index (χ1n) is 28.8. The van der Waals surface area contributed by atoms with Gasteiger partial charge in [0.25, 0.3) is 0 Å². The highest BCUT2D eigenvalue weighted by Crippen LogP contribution is 2.54. The predicted molar refractivity (Wildman–Crippen MR) is 282 cm³/mol. The van der Waals surface area contributed by atoms with Crippen molar-refractivity contribution in [2.24, 2.45) is 72.9 Å². The van der Waals surface area contributed by atoms with Gasteiger partial charge in [0.2, 0.25) is 0 Å². The molecule has 4 nitrogen and oxygen atoms in total. The highest BCUT2D eigenvalue weighted by molar-refractivity contribution is 5.01. The van der Waals surface area contributed by atoms with Crippen LogP contribution in [0.15, 0.2) is 0 Å². The van der Waals surface area contributed by atoms with Crippen LogP contribution in [0, 0.1) is 72.9 Å². The Morgan fingerprint density at radius 2 is 0.750 bits per heavy atom. The van der Waals surface area contributed by atoms with Crippen LogP contribution in [0.1, 0.15) is 251 Å². The molecule has 10 fully saturated rings. The molecule has 6 aliphatic carbocycles. The van der Waals surface area contributed by atoms with E-state index >= 15 is 0 Å². The van der Waals surface area contributed by atoms with E-state index in [1.54, 1.807) is 25.7 Å². The molecule has 10 rings (SSSR count). The molecule has 5 spiro atoms. The molecule has 0 aromatic heterocycles. The van der Waals surface area contributed by atoms with Crippen LogP contribution in [0.5, 0.6) is 0 Å². The summed E-state index contributed by atoms with van der Waals surface area (Å²) >= 11 is 0. The summed E-state index contributed by atoms with van der Waals surface area (Å²) in [6, 6.07) is 0. The van der Waals surface area contributed by atoms with E-state index in [9.17, 15) is 0 Å². The average Bonchev–Trinajstić information content (AvgIpc) is 3.18. The van der Waals surface area contributed by atoms with Crippen molar-refractivity contribution in [3.05, 3.63) is 0 Å². The number of hydrogen-bond donors (Lipinski definition) is 3. The van der Waals surface area contributed by atoms with E-state index < -0.39 is 0 Å². The van der Waals surface area contributed by atoms with Gasteiger partial charge < -0.3 is 20.9 Å². The molecule has 3 N–H and O–H groups in total. The summed E-state index contributed by atoms with van der Waals surface area (Å²) in [6.45, 7) is 41.2. The Hall–Kier alpha value is -0.160. The van der Waals surface area contributed by atoms with Crippen LogP contribution in [0.25, 0.3) is 0 Å². The Morgan fingerprint density at radius 1 is 0.422 bits per heavy atom. The molecular formula is C60H116N4. The van der Waals surface area contributed by atoms with E-state index in [0.29, 0.717) is 16.2 Å². The molecule has 4 aliphatic heterocycles. The summed E-state index contributed by atoms with van der Waals surface area (Å²) in [6.07, 6.45) is 37.1. The van der Waals surface area contributed by atoms with Crippen molar-refractivity contribution in [1.29, 1.82) is 0 Å². The molecule has 0 radical (unpaired) electrons. The summed E-state index contributed by atoms with van der Waals surface area (Å²) < 4.78 is 0. The smallest absolute Gasteiger partial charge is 0.00475 e. The third kappa shape index (κ3) is 15.4. The molecule has 5 atom stereocenters. The van der Waals surface area contributed by atoms with Gasteiger partial charge in [0.05, 0.1) is 0 Å². The van der Waals surface area contributed by atoms with Gasteiger partial charge in [-0.3, -0.25) is 0 Å². The van der Waals surface area contributed by atoms with Crippen LogP contribution in [-0.2, 0) is 0 Å². The van der Waals surface area contributed by atoms with Gasteiger partial charge in [-0.15, -0.1) is 0 Å². The minimum Gasteiger partial charge on any atom is -0.316 e. The zero-order valence-corrected chi connectivity index (χ0v) is 46.2. The van der Waals surface area contributed by atoms with Crippen molar-refractivity contribution < 1.29 is 0 Å². The van der Waals surface area contributed by atoms with Crippen LogP contribution >= 0.6 is 0 Å². The van der Waals surface area contributed by atoms with Crippen LogP contribution < -0.4 is 16.0 Å². The van der Waals surface area contributed by atoms with E-state index in [1.807, 2.05) is 0 Å². The summed E-state index contributed by atoms with van der Waals surface area (Å²) in [5, 5.41) is 10.3. The highest BCUT2D eigenvalue weighted by atomic mass is 15.2. The molecule has 4 saturated heterocycles. The van der Waals surface area contributed by atoms with Gasteiger partial charge in [-0.25, -0.2) is 0 Å². The van der Waals surface area contributed by atoms with Crippen molar-refractivity contribution in [3.63, 3.8) is 0 Å². The number of rotatable bonds is 1. The third-order valence-corrected chi connectivity index (χ3v) is 19.9. The SMILES string of the molecule is CC(C)(C)C1CCCC2(CNC2)C1.CC(C)(C)[C@@H]1CCCC2(CNC2)C1.CCC.CCC1CCCC2(CNC2)C1.CN1CC2(CCCC(C(C)(C)C)C2)C1.C[C@@H]1CCCC2(CCC2)C1. The molecule has 0 bridgehead atoms. The lowest BCUT2D eigenvalue weighted by Gasteiger charge is -2.54. The Balaban J connectivity index is 0.000000149. The van der Waals surface area contributed by atoms with Crippen LogP contribution in [0.2, 0.25) is 0 Å². The molecule has 4 heterocycles. The zero-order valence-electron chi connectivity index (χ0n) is 46.2. The maximum Gasteiger partial charge on any atom is 0.00475 e. The van der Waals surface area contributed by atoms with Crippen LogP contribution in [0.4, 0.5) is 0 Å². The summed E-state index contributed by atoms with van der Waals surface area (Å²) in [5.74, 6) is 4.97. The fraction of sp³-hybridized carbons (Fsp3) is 1.00. The largest absolute Gasteiger partial charge is 0.316 e. The quantitative estimate of drug-likeness (QED) is 0.245. The number of nitrogens with one attached hydrogen (secondary N) is 3. The van der Waals surface area contributed by atoms with E-state index in [4.69, 9.17) is 0 Å². The molecule has 3 unspecified atom stereocenters. The second-order valence-corrected chi connectivity index (χ2v) is 29.1. The minimum absolute atomic E-state index is 0.529. The first-order valence-corrected chi connectivity index (χ1v) is 28.8. The summed E-state index contributed by atoms with van der Waals surface area (Å²) in [5.41, 5.74) is 5.39. The lowest BCUT2D eigenvalue weighted by Crippen LogP contribution is -2.56. The Kier molecular flexibility index (Phi) is 19.8. The van der Waals surface area contributed by atoms with Crippen molar-refractivity contribution in [2.45, 2.75) is 251 Å². The predicted octanol–water partition coefficient (Wildman–Crippen LogP) is 15.7. The molecule has 6 saturated carbocycles. The van der Waals surface area contributed by atoms with Crippen molar-refractivity contribution >= 4 is 0 Å². The van der Waals surface area contributed by atoms with Gasteiger partial charge in [-0.1, -0.05) is 154 Å². The van der Waals surface area contributed by atoms with Gasteiger partial charge in [0.15, 0.2) is 0 Å². The number of hydrogen-bond acceptors (Lipinski definition) is 4. The molecule has 4 heteroatoms. The van der Waals surface area contributed by atoms with Gasteiger partial charge in [0, 0.05) is 52.4 Å². The molecule has 64 heavy (non-hydrogen) atoms. The van der Waals surface area contributed by atoms with Crippen LogP contribution in [0.3, 0.4) is 0 Å². The number of nitrogens with zero attached hydrogens (tertiary/aromatic N) is 1. The van der Waals surface area contributed by atoms with Crippen molar-refractivity contribution in [3.8, 4) is 0 Å². The lowest BCUT2D eigenvalue weighted by molar-refractivity contribution is -0.0467. The normalized spacial score (nSPS) is 32.8. The second kappa shape index (κ2) is 23.2. The molecule has 0 aromatic rings. The van der Waals surface area contributed by atoms with Crippen LogP contribution in [-0.4, -0.2) is 64.3 Å². The van der Waals surface area contributed by atoms with Gasteiger partial charge in [0.1, 0.15) is 0 Å². The summed E-state index contributed by atoms with van der Waals surface area (Å²) in [7, 11) is 2.26.